The lowest BCUT2D eigenvalue weighted by Gasteiger charge is -2.25. The van der Waals surface area contributed by atoms with Crippen molar-refractivity contribution in [2.75, 3.05) is 0 Å². The van der Waals surface area contributed by atoms with E-state index in [1.54, 1.807) is 0 Å². The molecule has 1 aromatic rings. The second-order valence-electron chi connectivity index (χ2n) is 6.53. The standard InChI is InChI=1S/C16H27N/c1-6-11-16(5,17)12-13-7-9-14(10-8-13)15(2,3)4/h7-10H,6,11-12,17H2,1-5H3. The van der Waals surface area contributed by atoms with Crippen LogP contribution in [0.1, 0.15) is 58.6 Å². The maximum atomic E-state index is 6.28. The number of nitrogens with two attached hydrogens (primary N) is 1. The highest BCUT2D eigenvalue weighted by Gasteiger charge is 2.18. The van der Waals surface area contributed by atoms with Crippen molar-refractivity contribution >= 4 is 0 Å². The number of rotatable bonds is 4. The van der Waals surface area contributed by atoms with Gasteiger partial charge in [0.05, 0.1) is 0 Å². The smallest absolute Gasteiger partial charge is 0.0166 e. The summed E-state index contributed by atoms with van der Waals surface area (Å²) in [7, 11) is 0. The maximum Gasteiger partial charge on any atom is 0.0166 e. The third-order valence-electron chi connectivity index (χ3n) is 3.25. The molecule has 1 unspecified atom stereocenters. The van der Waals surface area contributed by atoms with Crippen molar-refractivity contribution in [2.24, 2.45) is 5.73 Å². The molecule has 0 radical (unpaired) electrons. The summed E-state index contributed by atoms with van der Waals surface area (Å²) < 4.78 is 0. The summed E-state index contributed by atoms with van der Waals surface area (Å²) in [5.41, 5.74) is 9.17. The number of hydrogen-bond acceptors (Lipinski definition) is 1. The molecule has 2 N–H and O–H groups in total. The summed E-state index contributed by atoms with van der Waals surface area (Å²) in [4.78, 5) is 0. The largest absolute Gasteiger partial charge is 0.325 e. The topological polar surface area (TPSA) is 26.0 Å². The van der Waals surface area contributed by atoms with Gasteiger partial charge in [-0.15, -0.1) is 0 Å². The first kappa shape index (κ1) is 14.2. The van der Waals surface area contributed by atoms with Gasteiger partial charge in [-0.2, -0.15) is 0 Å². The minimum absolute atomic E-state index is 0.0714. The van der Waals surface area contributed by atoms with Gasteiger partial charge in [-0.1, -0.05) is 58.4 Å². The first-order valence-electron chi connectivity index (χ1n) is 6.63. The lowest BCUT2D eigenvalue weighted by Crippen LogP contribution is -2.38. The van der Waals surface area contributed by atoms with Crippen LogP contribution in [0.4, 0.5) is 0 Å². The predicted molar refractivity (Wildman–Crippen MR) is 76.3 cm³/mol. The summed E-state index contributed by atoms with van der Waals surface area (Å²) >= 11 is 0. The van der Waals surface area contributed by atoms with Gasteiger partial charge < -0.3 is 5.73 Å². The molecule has 1 atom stereocenters. The zero-order valence-electron chi connectivity index (χ0n) is 12.0. The van der Waals surface area contributed by atoms with E-state index < -0.39 is 0 Å². The Bertz CT molecular complexity index is 341. The van der Waals surface area contributed by atoms with Crippen LogP contribution in [-0.4, -0.2) is 5.54 Å². The summed E-state index contributed by atoms with van der Waals surface area (Å²) in [6.07, 6.45) is 3.19. The van der Waals surface area contributed by atoms with Crippen molar-refractivity contribution in [3.8, 4) is 0 Å². The van der Waals surface area contributed by atoms with Gasteiger partial charge in [-0.3, -0.25) is 0 Å². The molecule has 0 saturated heterocycles. The second kappa shape index (κ2) is 5.22. The molecular formula is C16H27N. The summed E-state index contributed by atoms with van der Waals surface area (Å²) in [6.45, 7) is 11.1. The van der Waals surface area contributed by atoms with Crippen LogP contribution in [-0.2, 0) is 11.8 Å². The predicted octanol–water partition coefficient (Wildman–Crippen LogP) is 4.04. The van der Waals surface area contributed by atoms with Crippen LogP contribution in [0.2, 0.25) is 0 Å². The van der Waals surface area contributed by atoms with Crippen LogP contribution >= 0.6 is 0 Å². The summed E-state index contributed by atoms with van der Waals surface area (Å²) in [5, 5.41) is 0. The molecule has 1 aromatic carbocycles. The van der Waals surface area contributed by atoms with Crippen LogP contribution in [0.3, 0.4) is 0 Å². The molecule has 0 bridgehead atoms. The van der Waals surface area contributed by atoms with E-state index in [9.17, 15) is 0 Å². The van der Waals surface area contributed by atoms with Crippen molar-refractivity contribution in [3.63, 3.8) is 0 Å². The lowest BCUT2D eigenvalue weighted by molar-refractivity contribution is 0.424. The molecule has 0 amide bonds. The van der Waals surface area contributed by atoms with E-state index in [0.717, 1.165) is 19.3 Å². The maximum absolute atomic E-state index is 6.28. The van der Waals surface area contributed by atoms with Gasteiger partial charge in [0.1, 0.15) is 0 Å². The second-order valence-corrected chi connectivity index (χ2v) is 6.53. The van der Waals surface area contributed by atoms with Crippen molar-refractivity contribution in [1.82, 2.24) is 0 Å². The summed E-state index contributed by atoms with van der Waals surface area (Å²) in [6, 6.07) is 8.91. The summed E-state index contributed by atoms with van der Waals surface area (Å²) in [5.74, 6) is 0. The van der Waals surface area contributed by atoms with Crippen LogP contribution < -0.4 is 5.73 Å². The van der Waals surface area contributed by atoms with E-state index in [1.807, 2.05) is 0 Å². The average molecular weight is 233 g/mol. The Labute approximate surface area is 106 Å². The molecule has 0 aliphatic heterocycles. The van der Waals surface area contributed by atoms with Gasteiger partial charge in [0.2, 0.25) is 0 Å². The minimum atomic E-state index is -0.0714. The molecule has 0 aliphatic rings. The molecule has 1 rings (SSSR count). The molecule has 0 heterocycles. The van der Waals surface area contributed by atoms with Crippen LogP contribution in [0.25, 0.3) is 0 Å². The zero-order chi connectivity index (χ0) is 13.1. The average Bonchev–Trinajstić information content (AvgIpc) is 2.16. The molecule has 0 saturated carbocycles. The Hall–Kier alpha value is -0.820. The van der Waals surface area contributed by atoms with Crippen LogP contribution in [0.5, 0.6) is 0 Å². The van der Waals surface area contributed by atoms with Gasteiger partial charge in [0.25, 0.3) is 0 Å². The first-order chi connectivity index (χ1) is 7.74. The van der Waals surface area contributed by atoms with Crippen LogP contribution in [0, 0.1) is 0 Å². The molecule has 1 nitrogen and oxygen atoms in total. The van der Waals surface area contributed by atoms with Crippen molar-refractivity contribution in [3.05, 3.63) is 35.4 Å². The number of benzene rings is 1. The highest BCUT2D eigenvalue weighted by atomic mass is 14.7. The van der Waals surface area contributed by atoms with Gasteiger partial charge in [0, 0.05) is 5.54 Å². The van der Waals surface area contributed by atoms with Crippen molar-refractivity contribution < 1.29 is 0 Å². The Morgan fingerprint density at radius 2 is 1.53 bits per heavy atom. The highest BCUT2D eigenvalue weighted by Crippen LogP contribution is 2.23. The minimum Gasteiger partial charge on any atom is -0.325 e. The molecular weight excluding hydrogens is 206 g/mol. The Morgan fingerprint density at radius 3 is 1.94 bits per heavy atom. The number of hydrogen-bond donors (Lipinski definition) is 1. The van der Waals surface area contributed by atoms with E-state index in [2.05, 4.69) is 58.9 Å². The molecule has 0 aromatic heterocycles. The normalized spacial score (nSPS) is 15.6. The third kappa shape index (κ3) is 4.51. The Kier molecular flexibility index (Phi) is 4.37. The van der Waals surface area contributed by atoms with E-state index in [1.165, 1.54) is 11.1 Å². The molecule has 96 valence electrons. The first-order valence-corrected chi connectivity index (χ1v) is 6.63. The van der Waals surface area contributed by atoms with Gasteiger partial charge in [-0.05, 0) is 36.3 Å². The molecule has 1 heteroatoms. The highest BCUT2D eigenvalue weighted by molar-refractivity contribution is 5.28. The van der Waals surface area contributed by atoms with Gasteiger partial charge >= 0.3 is 0 Å². The molecule has 0 aliphatic carbocycles. The van der Waals surface area contributed by atoms with E-state index in [0.29, 0.717) is 0 Å². The fraction of sp³-hybridized carbons (Fsp3) is 0.625. The van der Waals surface area contributed by atoms with E-state index in [-0.39, 0.29) is 11.0 Å². The zero-order valence-corrected chi connectivity index (χ0v) is 12.0. The van der Waals surface area contributed by atoms with E-state index >= 15 is 0 Å². The lowest BCUT2D eigenvalue weighted by atomic mass is 9.85. The molecule has 0 spiro atoms. The SMILES string of the molecule is CCCC(C)(N)Cc1ccc(C(C)(C)C)cc1. The quantitative estimate of drug-likeness (QED) is 0.834. The fourth-order valence-corrected chi connectivity index (χ4v) is 2.25. The fourth-order valence-electron chi connectivity index (χ4n) is 2.25. The Morgan fingerprint density at radius 1 is 1.00 bits per heavy atom. The van der Waals surface area contributed by atoms with Gasteiger partial charge in [-0.25, -0.2) is 0 Å². The molecule has 17 heavy (non-hydrogen) atoms. The third-order valence-corrected chi connectivity index (χ3v) is 3.25. The molecule has 0 fully saturated rings. The van der Waals surface area contributed by atoms with Crippen LogP contribution in [0.15, 0.2) is 24.3 Å². The van der Waals surface area contributed by atoms with Gasteiger partial charge in [0.15, 0.2) is 0 Å². The van der Waals surface area contributed by atoms with Crippen molar-refractivity contribution in [2.45, 2.75) is 64.8 Å². The van der Waals surface area contributed by atoms with E-state index in [4.69, 9.17) is 5.73 Å². The van der Waals surface area contributed by atoms with Crippen molar-refractivity contribution in [1.29, 1.82) is 0 Å². The Balaban J connectivity index is 2.75. The monoisotopic (exact) mass is 233 g/mol.